The average molecular weight is 270 g/mol. The second-order valence-corrected chi connectivity index (χ2v) is 4.87. The number of anilines is 2. The minimum atomic E-state index is 0.262. The van der Waals surface area contributed by atoms with E-state index in [1.165, 1.54) is 19.3 Å². The zero-order valence-electron chi connectivity index (χ0n) is 11.0. The first-order valence-corrected chi connectivity index (χ1v) is 7.04. The minimum absolute atomic E-state index is 0.262. The van der Waals surface area contributed by atoms with Crippen LogP contribution in [0.25, 0.3) is 0 Å². The van der Waals surface area contributed by atoms with E-state index in [1.54, 1.807) is 0 Å². The van der Waals surface area contributed by atoms with Gasteiger partial charge in [0.2, 0.25) is 17.2 Å². The minimum Gasteiger partial charge on any atom is -0.354 e. The molecule has 1 aromatic rings. The molecule has 0 unspecified atom stereocenters. The second-order valence-electron chi connectivity index (χ2n) is 4.54. The van der Waals surface area contributed by atoms with Gasteiger partial charge in [-0.3, -0.25) is 0 Å². The van der Waals surface area contributed by atoms with Crippen LogP contribution in [0, 0.1) is 0 Å². The Morgan fingerprint density at radius 2 is 2.06 bits per heavy atom. The summed E-state index contributed by atoms with van der Waals surface area (Å²) in [6.45, 7) is 5.97. The molecule has 0 spiro atoms. The highest BCUT2D eigenvalue weighted by Crippen LogP contribution is 2.30. The Morgan fingerprint density at radius 1 is 1.28 bits per heavy atom. The van der Waals surface area contributed by atoms with Crippen molar-refractivity contribution in [3.05, 3.63) is 5.28 Å². The molecule has 5 nitrogen and oxygen atoms in total. The molecule has 18 heavy (non-hydrogen) atoms. The Morgan fingerprint density at radius 3 is 2.67 bits per heavy atom. The van der Waals surface area contributed by atoms with Crippen molar-refractivity contribution < 1.29 is 0 Å². The monoisotopic (exact) mass is 269 g/mol. The van der Waals surface area contributed by atoms with E-state index in [4.69, 9.17) is 11.6 Å². The molecule has 1 saturated carbocycles. The molecule has 0 atom stereocenters. The van der Waals surface area contributed by atoms with E-state index < -0.39 is 0 Å². The average Bonchev–Trinajstić information content (AvgIpc) is 3.14. The van der Waals surface area contributed by atoms with Gasteiger partial charge in [0.15, 0.2) is 0 Å². The third kappa shape index (κ3) is 3.45. The molecule has 1 fully saturated rings. The number of unbranched alkanes of at least 4 members (excludes halogenated alkanes) is 1. The van der Waals surface area contributed by atoms with Crippen molar-refractivity contribution in [3.63, 3.8) is 0 Å². The van der Waals surface area contributed by atoms with Crippen LogP contribution in [-0.2, 0) is 0 Å². The third-order valence-corrected chi connectivity index (χ3v) is 3.10. The lowest BCUT2D eigenvalue weighted by molar-refractivity contribution is 0.692. The van der Waals surface area contributed by atoms with E-state index in [-0.39, 0.29) is 5.28 Å². The number of nitrogens with zero attached hydrogens (tertiary/aromatic N) is 4. The molecular formula is C12H20ClN5. The van der Waals surface area contributed by atoms with Crippen molar-refractivity contribution in [2.75, 3.05) is 23.3 Å². The van der Waals surface area contributed by atoms with E-state index in [2.05, 4.69) is 32.1 Å². The first-order chi connectivity index (χ1) is 8.74. The van der Waals surface area contributed by atoms with Gasteiger partial charge in [0.25, 0.3) is 0 Å². The first-order valence-electron chi connectivity index (χ1n) is 6.66. The highest BCUT2D eigenvalue weighted by atomic mass is 35.5. The smallest absolute Gasteiger partial charge is 0.231 e. The van der Waals surface area contributed by atoms with E-state index in [9.17, 15) is 0 Å². The quantitative estimate of drug-likeness (QED) is 0.825. The summed E-state index contributed by atoms with van der Waals surface area (Å²) in [6, 6.07) is 0.587. The van der Waals surface area contributed by atoms with Gasteiger partial charge in [-0.1, -0.05) is 13.3 Å². The fraction of sp³-hybridized carbons (Fsp3) is 0.750. The Labute approximate surface area is 113 Å². The molecular weight excluding hydrogens is 250 g/mol. The van der Waals surface area contributed by atoms with Crippen molar-refractivity contribution >= 4 is 23.5 Å². The maximum atomic E-state index is 5.96. The lowest BCUT2D eigenvalue weighted by Gasteiger charge is -2.22. The van der Waals surface area contributed by atoms with Crippen molar-refractivity contribution in [3.8, 4) is 0 Å². The maximum Gasteiger partial charge on any atom is 0.231 e. The van der Waals surface area contributed by atoms with Crippen LogP contribution in [0.1, 0.15) is 39.5 Å². The van der Waals surface area contributed by atoms with Crippen molar-refractivity contribution in [1.29, 1.82) is 0 Å². The van der Waals surface area contributed by atoms with Crippen molar-refractivity contribution in [2.24, 2.45) is 0 Å². The molecule has 6 heteroatoms. The number of aromatic nitrogens is 3. The van der Waals surface area contributed by atoms with Crippen molar-refractivity contribution in [1.82, 2.24) is 15.0 Å². The lowest BCUT2D eigenvalue weighted by atomic mass is 10.3. The summed E-state index contributed by atoms with van der Waals surface area (Å²) >= 11 is 5.96. The van der Waals surface area contributed by atoms with Gasteiger partial charge in [0, 0.05) is 19.1 Å². The Balaban J connectivity index is 2.17. The molecule has 0 bridgehead atoms. The summed E-state index contributed by atoms with van der Waals surface area (Å²) in [5.74, 6) is 1.27. The zero-order valence-corrected chi connectivity index (χ0v) is 11.7. The molecule has 0 radical (unpaired) electrons. The van der Waals surface area contributed by atoms with Gasteiger partial charge in [0.1, 0.15) is 0 Å². The fourth-order valence-corrected chi connectivity index (χ4v) is 2.02. The molecule has 1 heterocycles. The van der Waals surface area contributed by atoms with Crippen molar-refractivity contribution in [2.45, 2.75) is 45.6 Å². The predicted molar refractivity (Wildman–Crippen MR) is 74.3 cm³/mol. The molecule has 2 rings (SSSR count). The number of rotatable bonds is 7. The summed E-state index contributed by atoms with van der Waals surface area (Å²) in [7, 11) is 0. The van der Waals surface area contributed by atoms with Gasteiger partial charge in [-0.15, -0.1) is 0 Å². The Bertz CT molecular complexity index is 394. The third-order valence-electron chi connectivity index (χ3n) is 2.93. The fourth-order valence-electron chi connectivity index (χ4n) is 1.87. The van der Waals surface area contributed by atoms with Gasteiger partial charge in [-0.05, 0) is 37.8 Å². The molecule has 100 valence electrons. The standard InChI is InChI=1S/C12H20ClN5/c1-3-5-8-18(9-6-7-9)12-16-10(13)15-11(17-12)14-4-2/h9H,3-8H2,1-2H3,(H,14,15,16,17). The number of hydrogen-bond donors (Lipinski definition) is 1. The van der Waals surface area contributed by atoms with E-state index in [0.29, 0.717) is 17.9 Å². The normalized spacial score (nSPS) is 14.6. The number of nitrogens with one attached hydrogen (secondary N) is 1. The first kappa shape index (κ1) is 13.3. The Kier molecular flexibility index (Phi) is 4.58. The summed E-state index contributed by atoms with van der Waals surface area (Å²) in [6.07, 6.45) is 4.77. The van der Waals surface area contributed by atoms with Gasteiger partial charge >= 0.3 is 0 Å². The molecule has 0 amide bonds. The Hall–Kier alpha value is -1.10. The van der Waals surface area contributed by atoms with Crippen LogP contribution in [-0.4, -0.2) is 34.1 Å². The van der Waals surface area contributed by atoms with Crippen LogP contribution < -0.4 is 10.2 Å². The number of hydrogen-bond acceptors (Lipinski definition) is 5. The van der Waals surface area contributed by atoms with Crippen LogP contribution in [0.5, 0.6) is 0 Å². The van der Waals surface area contributed by atoms with Crippen LogP contribution in [0.3, 0.4) is 0 Å². The highest BCUT2D eigenvalue weighted by molar-refractivity contribution is 6.28. The molecule has 1 aliphatic carbocycles. The summed E-state index contributed by atoms with van der Waals surface area (Å²) in [5, 5.41) is 3.35. The lowest BCUT2D eigenvalue weighted by Crippen LogP contribution is -2.29. The maximum absolute atomic E-state index is 5.96. The van der Waals surface area contributed by atoms with E-state index in [0.717, 1.165) is 19.5 Å². The predicted octanol–water partition coefficient (Wildman–Crippen LogP) is 2.73. The molecule has 0 aromatic carbocycles. The topological polar surface area (TPSA) is 53.9 Å². The van der Waals surface area contributed by atoms with E-state index >= 15 is 0 Å². The molecule has 1 aromatic heterocycles. The van der Waals surface area contributed by atoms with Crippen LogP contribution in [0.15, 0.2) is 0 Å². The summed E-state index contributed by atoms with van der Waals surface area (Å²) in [4.78, 5) is 15.0. The van der Waals surface area contributed by atoms with Gasteiger partial charge in [0.05, 0.1) is 0 Å². The largest absolute Gasteiger partial charge is 0.354 e. The second kappa shape index (κ2) is 6.18. The van der Waals surface area contributed by atoms with Crippen LogP contribution in [0.2, 0.25) is 5.28 Å². The van der Waals surface area contributed by atoms with Gasteiger partial charge in [-0.25, -0.2) is 0 Å². The molecule has 1 aliphatic rings. The SMILES string of the molecule is CCCCN(c1nc(Cl)nc(NCC)n1)C1CC1. The molecule has 0 aliphatic heterocycles. The van der Waals surface area contributed by atoms with Gasteiger partial charge in [-0.2, -0.15) is 15.0 Å². The van der Waals surface area contributed by atoms with E-state index in [1.807, 2.05) is 6.92 Å². The number of halogens is 1. The summed E-state index contributed by atoms with van der Waals surface area (Å²) < 4.78 is 0. The van der Waals surface area contributed by atoms with Gasteiger partial charge < -0.3 is 10.2 Å². The molecule has 1 N–H and O–H groups in total. The highest BCUT2D eigenvalue weighted by Gasteiger charge is 2.30. The molecule has 0 saturated heterocycles. The van der Waals surface area contributed by atoms with Crippen LogP contribution >= 0.6 is 11.6 Å². The van der Waals surface area contributed by atoms with Crippen LogP contribution in [0.4, 0.5) is 11.9 Å². The zero-order chi connectivity index (χ0) is 13.0. The summed E-state index contributed by atoms with van der Waals surface area (Å²) in [5.41, 5.74) is 0.